The van der Waals surface area contributed by atoms with E-state index >= 15 is 0 Å². The molecular weight excluding hydrogens is 352 g/mol. The Balaban J connectivity index is 1.51. The van der Waals surface area contributed by atoms with Crippen molar-refractivity contribution in [3.8, 4) is 22.2 Å². The Morgan fingerprint density at radius 3 is 2.76 bits per heavy atom. The number of hydrogen-bond acceptors (Lipinski definition) is 6. The molecule has 0 aliphatic carbocycles. The minimum atomic E-state index is 0.674. The minimum Gasteiger partial charge on any atom is -0.444 e. The molecule has 1 aromatic carbocycles. The number of benzene rings is 1. The fraction of sp³-hybridized carbons (Fsp3) is 0.167. The number of aromatic nitrogens is 4. The highest BCUT2D eigenvalue weighted by molar-refractivity contribution is 7.98. The molecule has 0 aliphatic heterocycles. The topological polar surface area (TPSA) is 56.7 Å². The SMILES string of the molecule is CCn1c(SCc2coc(-c3cccs3)n2)nnc1-c1ccccc1. The first-order valence-corrected chi connectivity index (χ1v) is 9.81. The lowest BCUT2D eigenvalue weighted by atomic mass is 10.2. The molecule has 5 nitrogen and oxygen atoms in total. The van der Waals surface area contributed by atoms with Crippen LogP contribution in [-0.2, 0) is 12.3 Å². The van der Waals surface area contributed by atoms with Crippen LogP contribution in [0.1, 0.15) is 12.6 Å². The summed E-state index contributed by atoms with van der Waals surface area (Å²) in [7, 11) is 0. The van der Waals surface area contributed by atoms with Gasteiger partial charge < -0.3 is 8.98 Å². The van der Waals surface area contributed by atoms with E-state index in [1.54, 1.807) is 29.4 Å². The molecule has 0 atom stereocenters. The Bertz CT molecular complexity index is 945. The lowest BCUT2D eigenvalue weighted by Gasteiger charge is -2.06. The number of nitrogens with zero attached hydrogens (tertiary/aromatic N) is 4. The number of thioether (sulfide) groups is 1. The second-order valence-electron chi connectivity index (χ2n) is 5.33. The molecule has 3 aromatic heterocycles. The first kappa shape index (κ1) is 16.1. The van der Waals surface area contributed by atoms with Crippen LogP contribution in [-0.4, -0.2) is 19.7 Å². The summed E-state index contributed by atoms with van der Waals surface area (Å²) in [4.78, 5) is 5.59. The highest BCUT2D eigenvalue weighted by Crippen LogP contribution is 2.28. The molecule has 3 heterocycles. The lowest BCUT2D eigenvalue weighted by molar-refractivity contribution is 0.575. The lowest BCUT2D eigenvalue weighted by Crippen LogP contribution is -1.99. The van der Waals surface area contributed by atoms with E-state index in [0.717, 1.165) is 33.7 Å². The van der Waals surface area contributed by atoms with E-state index in [9.17, 15) is 0 Å². The maximum absolute atomic E-state index is 5.57. The summed E-state index contributed by atoms with van der Waals surface area (Å²) in [5.41, 5.74) is 1.98. The fourth-order valence-corrected chi connectivity index (χ4v) is 4.04. The second kappa shape index (κ2) is 7.25. The van der Waals surface area contributed by atoms with Gasteiger partial charge in [-0.15, -0.1) is 21.5 Å². The molecule has 126 valence electrons. The number of rotatable bonds is 6. The van der Waals surface area contributed by atoms with Crippen LogP contribution < -0.4 is 0 Å². The summed E-state index contributed by atoms with van der Waals surface area (Å²) in [5.74, 6) is 2.26. The maximum atomic E-state index is 5.57. The van der Waals surface area contributed by atoms with Crippen LogP contribution in [0.5, 0.6) is 0 Å². The van der Waals surface area contributed by atoms with Crippen molar-refractivity contribution in [1.29, 1.82) is 0 Å². The van der Waals surface area contributed by atoms with Gasteiger partial charge in [0.15, 0.2) is 11.0 Å². The van der Waals surface area contributed by atoms with Crippen LogP contribution in [0.2, 0.25) is 0 Å². The van der Waals surface area contributed by atoms with Crippen LogP contribution in [0, 0.1) is 0 Å². The highest BCUT2D eigenvalue weighted by atomic mass is 32.2. The molecule has 25 heavy (non-hydrogen) atoms. The van der Waals surface area contributed by atoms with Crippen LogP contribution in [0.15, 0.2) is 63.7 Å². The molecule has 0 radical (unpaired) electrons. The predicted molar refractivity (Wildman–Crippen MR) is 101 cm³/mol. The van der Waals surface area contributed by atoms with Crippen molar-refractivity contribution in [1.82, 2.24) is 19.7 Å². The van der Waals surface area contributed by atoms with E-state index in [1.807, 2.05) is 35.7 Å². The van der Waals surface area contributed by atoms with Crippen LogP contribution in [0.4, 0.5) is 0 Å². The predicted octanol–water partition coefficient (Wildman–Crippen LogP) is 4.97. The van der Waals surface area contributed by atoms with Gasteiger partial charge in [-0.3, -0.25) is 0 Å². The molecule has 0 aliphatic rings. The Hall–Kier alpha value is -2.38. The van der Waals surface area contributed by atoms with Gasteiger partial charge in [0, 0.05) is 17.9 Å². The first-order chi connectivity index (χ1) is 12.3. The van der Waals surface area contributed by atoms with Gasteiger partial charge in [-0.2, -0.15) is 0 Å². The molecule has 0 fully saturated rings. The summed E-state index contributed by atoms with van der Waals surface area (Å²) >= 11 is 3.24. The average molecular weight is 368 g/mol. The van der Waals surface area contributed by atoms with Crippen molar-refractivity contribution >= 4 is 23.1 Å². The van der Waals surface area contributed by atoms with E-state index in [2.05, 4.69) is 38.8 Å². The van der Waals surface area contributed by atoms with Crippen molar-refractivity contribution in [2.45, 2.75) is 24.4 Å². The molecule has 0 bridgehead atoms. The Kier molecular flexibility index (Phi) is 4.67. The summed E-state index contributed by atoms with van der Waals surface area (Å²) in [6.45, 7) is 2.92. The van der Waals surface area contributed by atoms with Crippen molar-refractivity contribution in [3.63, 3.8) is 0 Å². The Morgan fingerprint density at radius 2 is 2.00 bits per heavy atom. The summed E-state index contributed by atoms with van der Waals surface area (Å²) in [6.07, 6.45) is 1.72. The van der Waals surface area contributed by atoms with Crippen LogP contribution in [0.25, 0.3) is 22.2 Å². The van der Waals surface area contributed by atoms with Crippen molar-refractivity contribution in [2.24, 2.45) is 0 Å². The van der Waals surface area contributed by atoms with Crippen molar-refractivity contribution < 1.29 is 4.42 Å². The standard InChI is InChI=1S/C18H16N4OS2/c1-2-22-16(13-7-4-3-5-8-13)20-21-18(22)25-12-14-11-23-17(19-14)15-9-6-10-24-15/h3-11H,2,12H2,1H3. The zero-order valence-electron chi connectivity index (χ0n) is 13.6. The molecule has 0 saturated carbocycles. The van der Waals surface area contributed by atoms with E-state index in [-0.39, 0.29) is 0 Å². The molecule has 4 aromatic rings. The fourth-order valence-electron chi connectivity index (χ4n) is 2.51. The molecular formula is C18H16N4OS2. The first-order valence-electron chi connectivity index (χ1n) is 7.95. The molecule has 7 heteroatoms. The van der Waals surface area contributed by atoms with Gasteiger partial charge in [0.1, 0.15) is 6.26 Å². The molecule has 0 N–H and O–H groups in total. The third-order valence-corrected chi connectivity index (χ3v) is 5.56. The van der Waals surface area contributed by atoms with Crippen LogP contribution in [0.3, 0.4) is 0 Å². The largest absolute Gasteiger partial charge is 0.444 e. The maximum Gasteiger partial charge on any atom is 0.236 e. The van der Waals surface area contributed by atoms with E-state index in [4.69, 9.17) is 4.42 Å². The molecule has 0 saturated heterocycles. The third kappa shape index (κ3) is 3.38. The quantitative estimate of drug-likeness (QED) is 0.450. The zero-order valence-corrected chi connectivity index (χ0v) is 15.3. The monoisotopic (exact) mass is 368 g/mol. The number of hydrogen-bond donors (Lipinski definition) is 0. The van der Waals surface area contributed by atoms with Crippen molar-refractivity contribution in [2.75, 3.05) is 0 Å². The van der Waals surface area contributed by atoms with E-state index < -0.39 is 0 Å². The van der Waals surface area contributed by atoms with Gasteiger partial charge in [0.25, 0.3) is 0 Å². The van der Waals surface area contributed by atoms with E-state index in [1.165, 1.54) is 0 Å². The summed E-state index contributed by atoms with van der Waals surface area (Å²) in [6, 6.07) is 14.1. The van der Waals surface area contributed by atoms with Gasteiger partial charge >= 0.3 is 0 Å². The normalized spacial score (nSPS) is 11.1. The van der Waals surface area contributed by atoms with Crippen LogP contribution >= 0.6 is 23.1 Å². The molecule has 4 rings (SSSR count). The Labute approximate surface area is 153 Å². The smallest absolute Gasteiger partial charge is 0.236 e. The molecule has 0 amide bonds. The summed E-state index contributed by atoms with van der Waals surface area (Å²) in [5, 5.41) is 11.6. The van der Waals surface area contributed by atoms with Gasteiger partial charge in [-0.05, 0) is 18.4 Å². The minimum absolute atomic E-state index is 0.674. The van der Waals surface area contributed by atoms with Gasteiger partial charge in [-0.1, -0.05) is 48.2 Å². The number of oxazole rings is 1. The van der Waals surface area contributed by atoms with Gasteiger partial charge in [-0.25, -0.2) is 4.98 Å². The molecule has 0 spiro atoms. The van der Waals surface area contributed by atoms with Gasteiger partial charge in [0.05, 0.1) is 10.6 Å². The number of thiophene rings is 1. The zero-order chi connectivity index (χ0) is 17.1. The summed E-state index contributed by atoms with van der Waals surface area (Å²) < 4.78 is 7.70. The Morgan fingerprint density at radius 1 is 1.12 bits per heavy atom. The molecule has 0 unspecified atom stereocenters. The van der Waals surface area contributed by atoms with Crippen molar-refractivity contribution in [3.05, 3.63) is 59.8 Å². The average Bonchev–Trinajstić information content (AvgIpc) is 3.39. The third-order valence-electron chi connectivity index (χ3n) is 3.70. The van der Waals surface area contributed by atoms with E-state index in [0.29, 0.717) is 11.6 Å². The second-order valence-corrected chi connectivity index (χ2v) is 7.22. The highest BCUT2D eigenvalue weighted by Gasteiger charge is 2.14. The van der Waals surface area contributed by atoms with Gasteiger partial charge in [0.2, 0.25) is 5.89 Å².